The molecule has 5 rings (SSSR count). The molecule has 0 saturated carbocycles. The summed E-state index contributed by atoms with van der Waals surface area (Å²) in [7, 11) is 0. The average Bonchev–Trinajstić information content (AvgIpc) is 3.18. The van der Waals surface area contributed by atoms with Crippen LogP contribution in [0.4, 0.5) is 14.5 Å². The molecule has 0 amide bonds. The molecular formula is C22H18F2N6O2. The van der Waals surface area contributed by atoms with Crippen LogP contribution in [0.5, 0.6) is 0 Å². The first-order valence-electron chi connectivity index (χ1n) is 10.1. The van der Waals surface area contributed by atoms with Crippen molar-refractivity contribution in [3.05, 3.63) is 81.8 Å². The largest absolute Gasteiger partial charge is 0.396 e. The number of aryl methyl sites for hydroxylation is 1. The van der Waals surface area contributed by atoms with Crippen LogP contribution in [0.2, 0.25) is 0 Å². The number of rotatable bonds is 5. The molecule has 4 aromatic rings. The van der Waals surface area contributed by atoms with Gasteiger partial charge in [0.1, 0.15) is 23.8 Å². The Morgan fingerprint density at radius 3 is 2.72 bits per heavy atom. The lowest BCUT2D eigenvalue weighted by Gasteiger charge is -2.23. The van der Waals surface area contributed by atoms with Crippen molar-refractivity contribution >= 4 is 22.7 Å². The number of H-pyrrole nitrogens is 1. The summed E-state index contributed by atoms with van der Waals surface area (Å²) in [6.45, 7) is 0.397. The number of hydrogen-bond donors (Lipinski definition) is 2. The normalized spacial score (nSPS) is 17.6. The van der Waals surface area contributed by atoms with Gasteiger partial charge in [0.2, 0.25) is 0 Å². The van der Waals surface area contributed by atoms with Crippen LogP contribution in [0.3, 0.4) is 0 Å². The van der Waals surface area contributed by atoms with E-state index < -0.39 is 23.2 Å². The summed E-state index contributed by atoms with van der Waals surface area (Å²) in [6, 6.07) is 8.41. The minimum Gasteiger partial charge on any atom is -0.396 e. The highest BCUT2D eigenvalue weighted by Gasteiger charge is 2.35. The molecule has 2 aromatic carbocycles. The van der Waals surface area contributed by atoms with Crippen LogP contribution in [-0.2, 0) is 6.54 Å². The van der Waals surface area contributed by atoms with E-state index in [9.17, 15) is 18.7 Å². The van der Waals surface area contributed by atoms with Crippen molar-refractivity contribution in [2.75, 3.05) is 6.61 Å². The smallest absolute Gasteiger partial charge is 0.272 e. The number of aromatic nitrogens is 5. The second-order valence-electron chi connectivity index (χ2n) is 7.54. The molecule has 10 heteroatoms. The quantitative estimate of drug-likeness (QED) is 0.500. The van der Waals surface area contributed by atoms with Crippen molar-refractivity contribution in [2.45, 2.75) is 24.8 Å². The highest BCUT2D eigenvalue weighted by Crippen LogP contribution is 2.43. The Morgan fingerprint density at radius 2 is 1.94 bits per heavy atom. The van der Waals surface area contributed by atoms with Gasteiger partial charge >= 0.3 is 0 Å². The van der Waals surface area contributed by atoms with Gasteiger partial charge in [0.25, 0.3) is 5.56 Å². The van der Waals surface area contributed by atoms with E-state index in [1.807, 2.05) is 0 Å². The first kappa shape index (κ1) is 20.1. The van der Waals surface area contributed by atoms with E-state index in [2.05, 4.69) is 25.3 Å². The van der Waals surface area contributed by atoms with Gasteiger partial charge in [-0.1, -0.05) is 12.1 Å². The fourth-order valence-corrected chi connectivity index (χ4v) is 4.16. The van der Waals surface area contributed by atoms with Crippen LogP contribution in [0, 0.1) is 11.6 Å². The van der Waals surface area contributed by atoms with Crippen LogP contribution in [0.15, 0.2) is 52.5 Å². The Hall–Kier alpha value is -3.79. The lowest BCUT2D eigenvalue weighted by molar-refractivity contribution is 0.275. The van der Waals surface area contributed by atoms with E-state index in [0.29, 0.717) is 29.9 Å². The highest BCUT2D eigenvalue weighted by atomic mass is 19.1. The Morgan fingerprint density at radius 1 is 1.12 bits per heavy atom. The standard InChI is InChI=1S/C22H18F2N6O2/c23-13-4-2-12(3-5-13)16-10-25-17-9-14(24)8-15-18(17)20(28-29-22(15)32)19(16)21-26-11-27-30(21)6-1-7-31/h2-5,8-11,16,19,31H,1,6-7H2,(H,29,32). The molecule has 0 fully saturated rings. The second kappa shape index (κ2) is 8.04. The average molecular weight is 436 g/mol. The Kier molecular flexibility index (Phi) is 5.06. The SMILES string of the molecule is O=c1[nH]nc2c3c(cc(F)cc13)N=CC(c1ccc(F)cc1)C2c1ncnn1CCCO. The van der Waals surface area contributed by atoms with E-state index in [0.717, 1.165) is 11.6 Å². The van der Waals surface area contributed by atoms with Gasteiger partial charge in [-0.25, -0.2) is 23.5 Å². The molecule has 32 heavy (non-hydrogen) atoms. The number of hydrogen-bond acceptors (Lipinski definition) is 6. The minimum absolute atomic E-state index is 0.0178. The Balaban J connectivity index is 1.80. The summed E-state index contributed by atoms with van der Waals surface area (Å²) in [5.74, 6) is -1.44. The van der Waals surface area contributed by atoms with E-state index in [-0.39, 0.29) is 23.5 Å². The molecule has 0 saturated heterocycles. The molecule has 2 aromatic heterocycles. The van der Waals surface area contributed by atoms with Crippen molar-refractivity contribution in [1.82, 2.24) is 25.0 Å². The summed E-state index contributed by atoms with van der Waals surface area (Å²) >= 11 is 0. The molecule has 0 aliphatic carbocycles. The Labute approximate surface area is 180 Å². The van der Waals surface area contributed by atoms with Crippen LogP contribution in [0.1, 0.15) is 35.3 Å². The van der Waals surface area contributed by atoms with Crippen molar-refractivity contribution < 1.29 is 13.9 Å². The molecule has 2 unspecified atom stereocenters. The Bertz CT molecular complexity index is 1380. The number of nitrogens with one attached hydrogen (secondary N) is 1. The molecule has 1 aliphatic rings. The monoisotopic (exact) mass is 436 g/mol. The summed E-state index contributed by atoms with van der Waals surface area (Å²) in [6.07, 6.45) is 3.52. The molecule has 1 aliphatic heterocycles. The topological polar surface area (TPSA) is 109 Å². The van der Waals surface area contributed by atoms with E-state index >= 15 is 0 Å². The lowest BCUT2D eigenvalue weighted by Crippen LogP contribution is -2.22. The molecule has 2 N–H and O–H groups in total. The van der Waals surface area contributed by atoms with Gasteiger partial charge < -0.3 is 5.11 Å². The van der Waals surface area contributed by atoms with Crippen LogP contribution < -0.4 is 5.56 Å². The summed E-state index contributed by atoms with van der Waals surface area (Å²) in [4.78, 5) is 21.4. The van der Waals surface area contributed by atoms with Gasteiger partial charge in [-0.2, -0.15) is 10.2 Å². The molecule has 2 atom stereocenters. The van der Waals surface area contributed by atoms with Crippen LogP contribution in [-0.4, -0.2) is 42.9 Å². The maximum Gasteiger partial charge on any atom is 0.272 e. The third-order valence-corrected chi connectivity index (χ3v) is 5.60. The minimum atomic E-state index is -0.588. The van der Waals surface area contributed by atoms with E-state index in [4.69, 9.17) is 0 Å². The number of halogens is 2. The van der Waals surface area contributed by atoms with Gasteiger partial charge in [-0.15, -0.1) is 0 Å². The third kappa shape index (κ3) is 3.38. The number of aliphatic hydroxyl groups is 1. The number of aromatic amines is 1. The molecule has 162 valence electrons. The number of nitrogens with zero attached hydrogens (tertiary/aromatic N) is 5. The summed E-state index contributed by atoms with van der Waals surface area (Å²) in [5, 5.41) is 20.9. The summed E-state index contributed by atoms with van der Waals surface area (Å²) < 4.78 is 29.5. The van der Waals surface area contributed by atoms with Gasteiger partial charge in [0, 0.05) is 36.7 Å². The van der Waals surface area contributed by atoms with E-state index in [1.165, 1.54) is 24.5 Å². The van der Waals surface area contributed by atoms with Gasteiger partial charge in [-0.3, -0.25) is 9.79 Å². The fraction of sp³-hybridized carbons (Fsp3) is 0.227. The zero-order valence-electron chi connectivity index (χ0n) is 16.7. The molecule has 0 radical (unpaired) electrons. The van der Waals surface area contributed by atoms with Crippen LogP contribution in [0.25, 0.3) is 10.8 Å². The lowest BCUT2D eigenvalue weighted by atomic mass is 9.83. The second-order valence-corrected chi connectivity index (χ2v) is 7.54. The van der Waals surface area contributed by atoms with Crippen molar-refractivity contribution in [2.24, 2.45) is 4.99 Å². The molecule has 0 spiro atoms. The number of aliphatic imine (C=N–C) groups is 1. The highest BCUT2D eigenvalue weighted by molar-refractivity contribution is 5.97. The first-order valence-corrected chi connectivity index (χ1v) is 10.1. The first-order chi connectivity index (χ1) is 15.6. The number of aliphatic hydroxyl groups excluding tert-OH is 1. The summed E-state index contributed by atoms with van der Waals surface area (Å²) in [5.41, 5.74) is 0.955. The maximum atomic E-state index is 14.3. The molecule has 3 heterocycles. The van der Waals surface area contributed by atoms with Gasteiger partial charge in [0.15, 0.2) is 0 Å². The number of benzene rings is 2. The zero-order valence-corrected chi connectivity index (χ0v) is 16.7. The third-order valence-electron chi connectivity index (χ3n) is 5.60. The van der Waals surface area contributed by atoms with Crippen molar-refractivity contribution in [3.8, 4) is 0 Å². The van der Waals surface area contributed by atoms with Gasteiger partial charge in [-0.05, 0) is 30.2 Å². The molecular weight excluding hydrogens is 418 g/mol. The molecule has 0 bridgehead atoms. The zero-order chi connectivity index (χ0) is 22.2. The van der Waals surface area contributed by atoms with E-state index in [1.54, 1.807) is 23.0 Å². The van der Waals surface area contributed by atoms with Crippen LogP contribution >= 0.6 is 0 Å². The van der Waals surface area contributed by atoms with Crippen molar-refractivity contribution in [3.63, 3.8) is 0 Å². The predicted molar refractivity (Wildman–Crippen MR) is 113 cm³/mol. The molecule has 8 nitrogen and oxygen atoms in total. The van der Waals surface area contributed by atoms with Gasteiger partial charge in [0.05, 0.1) is 22.7 Å². The van der Waals surface area contributed by atoms with Crippen molar-refractivity contribution in [1.29, 1.82) is 0 Å². The predicted octanol–water partition coefficient (Wildman–Crippen LogP) is 2.81. The fourth-order valence-electron chi connectivity index (χ4n) is 4.16. The maximum absolute atomic E-state index is 14.3.